The van der Waals surface area contributed by atoms with E-state index < -0.39 is 2.14 Å². The lowest BCUT2D eigenvalue weighted by molar-refractivity contribution is -0.385. The lowest BCUT2D eigenvalue weighted by atomic mass is 10.1. The van der Waals surface area contributed by atoms with Crippen molar-refractivity contribution >= 4 is 53.5 Å². The molecule has 6 heteroatoms. The number of nitrogens with zero attached hydrogens (tertiary/aromatic N) is 1. The van der Waals surface area contributed by atoms with E-state index >= 15 is 0 Å². The van der Waals surface area contributed by atoms with Crippen molar-refractivity contribution in [2.24, 2.45) is 0 Å². The van der Waals surface area contributed by atoms with Crippen LogP contribution in [-0.2, 0) is 6.42 Å². The Balaban J connectivity index is 3.02. The molecular formula is C8H6Br3NO2. The van der Waals surface area contributed by atoms with E-state index in [0.29, 0.717) is 12.0 Å². The van der Waals surface area contributed by atoms with Crippen LogP contribution >= 0.6 is 47.8 Å². The van der Waals surface area contributed by atoms with Gasteiger partial charge in [-0.05, 0) is 0 Å². The SMILES string of the molecule is O=[N+]([O-])c1ccccc1CC(Br)(Br)Br. The van der Waals surface area contributed by atoms with Crippen LogP contribution in [0.3, 0.4) is 0 Å². The van der Waals surface area contributed by atoms with Crippen LogP contribution in [0.5, 0.6) is 0 Å². The largest absolute Gasteiger partial charge is 0.272 e. The van der Waals surface area contributed by atoms with E-state index in [2.05, 4.69) is 47.8 Å². The number of benzene rings is 1. The van der Waals surface area contributed by atoms with Gasteiger partial charge in [0.2, 0.25) is 0 Å². The van der Waals surface area contributed by atoms with Crippen LogP contribution in [-0.4, -0.2) is 7.07 Å². The number of rotatable bonds is 2. The Kier molecular flexibility index (Phi) is 4.09. The van der Waals surface area contributed by atoms with Gasteiger partial charge in [0, 0.05) is 18.1 Å². The van der Waals surface area contributed by atoms with Gasteiger partial charge in [-0.15, -0.1) is 0 Å². The summed E-state index contributed by atoms with van der Waals surface area (Å²) in [6.45, 7) is 0. The minimum absolute atomic E-state index is 0.134. The lowest BCUT2D eigenvalue weighted by Crippen LogP contribution is -2.06. The van der Waals surface area contributed by atoms with Crippen molar-refractivity contribution in [3.63, 3.8) is 0 Å². The minimum atomic E-state index is -0.487. The molecule has 3 nitrogen and oxygen atoms in total. The predicted octanol–water partition coefficient (Wildman–Crippen LogP) is 3.98. The molecule has 0 fully saturated rings. The van der Waals surface area contributed by atoms with E-state index in [-0.39, 0.29) is 10.6 Å². The van der Waals surface area contributed by atoms with Gasteiger partial charge in [0.05, 0.1) is 4.92 Å². The average Bonchev–Trinajstić information content (AvgIpc) is 2.01. The van der Waals surface area contributed by atoms with Crippen molar-refractivity contribution in [2.45, 2.75) is 8.56 Å². The van der Waals surface area contributed by atoms with E-state index in [1.54, 1.807) is 18.2 Å². The summed E-state index contributed by atoms with van der Waals surface area (Å²) in [6, 6.07) is 6.66. The van der Waals surface area contributed by atoms with Gasteiger partial charge in [0.25, 0.3) is 5.69 Å². The second-order valence-electron chi connectivity index (χ2n) is 2.68. The molecule has 0 aliphatic rings. The molecule has 0 aliphatic heterocycles. The lowest BCUT2D eigenvalue weighted by Gasteiger charge is -2.11. The molecule has 0 atom stereocenters. The molecule has 0 bridgehead atoms. The Hall–Kier alpha value is 0.0600. The molecule has 1 aromatic rings. The van der Waals surface area contributed by atoms with E-state index in [1.807, 2.05) is 0 Å². The molecule has 1 rings (SSSR count). The minimum Gasteiger partial charge on any atom is -0.258 e. The molecule has 0 saturated carbocycles. The second kappa shape index (κ2) is 4.72. The third-order valence-corrected chi connectivity index (χ3v) is 2.42. The van der Waals surface area contributed by atoms with Crippen LogP contribution in [0.25, 0.3) is 0 Å². The molecule has 0 aromatic heterocycles. The maximum absolute atomic E-state index is 10.7. The van der Waals surface area contributed by atoms with Crippen LogP contribution in [0, 0.1) is 10.1 Å². The molecular weight excluding hydrogens is 382 g/mol. The zero-order valence-corrected chi connectivity index (χ0v) is 11.7. The van der Waals surface area contributed by atoms with E-state index in [0.717, 1.165) is 0 Å². The smallest absolute Gasteiger partial charge is 0.258 e. The Morgan fingerprint density at radius 2 is 1.86 bits per heavy atom. The number of nitro benzene ring substituents is 1. The molecule has 1 aromatic carbocycles. The first-order valence-electron chi connectivity index (χ1n) is 3.69. The monoisotopic (exact) mass is 385 g/mol. The maximum Gasteiger partial charge on any atom is 0.272 e. The molecule has 0 radical (unpaired) electrons. The van der Waals surface area contributed by atoms with Gasteiger partial charge in [-0.25, -0.2) is 0 Å². The Bertz CT molecular complexity index is 349. The Morgan fingerprint density at radius 1 is 1.29 bits per heavy atom. The van der Waals surface area contributed by atoms with Gasteiger partial charge in [0.15, 0.2) is 0 Å². The van der Waals surface area contributed by atoms with E-state index in [4.69, 9.17) is 0 Å². The van der Waals surface area contributed by atoms with Crippen molar-refractivity contribution in [2.75, 3.05) is 0 Å². The number of hydrogen-bond acceptors (Lipinski definition) is 2. The van der Waals surface area contributed by atoms with Gasteiger partial charge < -0.3 is 0 Å². The van der Waals surface area contributed by atoms with Crippen molar-refractivity contribution in [3.8, 4) is 0 Å². The first-order chi connectivity index (χ1) is 6.40. The highest BCUT2D eigenvalue weighted by Gasteiger charge is 2.23. The molecule has 0 unspecified atom stereocenters. The number of nitro groups is 1. The summed E-state index contributed by atoms with van der Waals surface area (Å²) in [7, 11) is 0. The average molecular weight is 388 g/mol. The molecule has 0 N–H and O–H groups in total. The number of hydrogen-bond donors (Lipinski definition) is 0. The zero-order valence-electron chi connectivity index (χ0n) is 6.91. The zero-order chi connectivity index (χ0) is 10.8. The maximum atomic E-state index is 10.7. The van der Waals surface area contributed by atoms with E-state index in [9.17, 15) is 10.1 Å². The van der Waals surface area contributed by atoms with Crippen LogP contribution in [0.1, 0.15) is 5.56 Å². The van der Waals surface area contributed by atoms with Crippen LogP contribution in [0.2, 0.25) is 0 Å². The molecule has 0 heterocycles. The third-order valence-electron chi connectivity index (χ3n) is 1.58. The fourth-order valence-corrected chi connectivity index (χ4v) is 1.96. The summed E-state index contributed by atoms with van der Waals surface area (Å²) in [5, 5.41) is 10.7. The standard InChI is InChI=1S/C8H6Br3NO2/c9-8(10,11)5-6-3-1-2-4-7(6)12(13)14/h1-4H,5H2. The number of alkyl halides is 3. The quantitative estimate of drug-likeness (QED) is 0.437. The van der Waals surface area contributed by atoms with Gasteiger partial charge in [0.1, 0.15) is 2.14 Å². The molecule has 14 heavy (non-hydrogen) atoms. The summed E-state index contributed by atoms with van der Waals surface area (Å²) < 4.78 is -0.487. The number of para-hydroxylation sites is 1. The molecule has 0 spiro atoms. The summed E-state index contributed by atoms with van der Waals surface area (Å²) in [5.74, 6) is 0. The first kappa shape index (κ1) is 12.1. The van der Waals surface area contributed by atoms with Crippen molar-refractivity contribution < 1.29 is 4.92 Å². The summed E-state index contributed by atoms with van der Waals surface area (Å²) in [6.07, 6.45) is 0.476. The van der Waals surface area contributed by atoms with Crippen molar-refractivity contribution in [1.82, 2.24) is 0 Å². The second-order valence-corrected chi connectivity index (χ2v) is 9.93. The summed E-state index contributed by atoms with van der Waals surface area (Å²) in [4.78, 5) is 10.3. The van der Waals surface area contributed by atoms with Gasteiger partial charge in [-0.2, -0.15) is 0 Å². The topological polar surface area (TPSA) is 43.1 Å². The van der Waals surface area contributed by atoms with Gasteiger partial charge in [-0.1, -0.05) is 66.0 Å². The fourth-order valence-electron chi connectivity index (χ4n) is 1.05. The third kappa shape index (κ3) is 3.67. The highest BCUT2D eigenvalue weighted by atomic mass is 80.0. The van der Waals surface area contributed by atoms with Crippen LogP contribution in [0.4, 0.5) is 5.69 Å². The highest BCUT2D eigenvalue weighted by Crippen LogP contribution is 2.38. The van der Waals surface area contributed by atoms with Gasteiger partial charge in [-0.3, -0.25) is 10.1 Å². The van der Waals surface area contributed by atoms with Crippen molar-refractivity contribution in [3.05, 3.63) is 39.9 Å². The Labute approximate surface area is 106 Å². The normalized spacial score (nSPS) is 11.4. The highest BCUT2D eigenvalue weighted by molar-refractivity contribution is 9.39. The van der Waals surface area contributed by atoms with E-state index in [1.165, 1.54) is 6.07 Å². The molecule has 0 saturated heterocycles. The summed E-state index contributed by atoms with van der Waals surface area (Å²) in [5.41, 5.74) is 0.804. The van der Waals surface area contributed by atoms with Crippen LogP contribution < -0.4 is 0 Å². The predicted molar refractivity (Wildman–Crippen MR) is 66.3 cm³/mol. The molecule has 0 amide bonds. The fraction of sp³-hybridized carbons (Fsp3) is 0.250. The Morgan fingerprint density at radius 3 is 2.36 bits per heavy atom. The van der Waals surface area contributed by atoms with Crippen LogP contribution in [0.15, 0.2) is 24.3 Å². The molecule has 76 valence electrons. The van der Waals surface area contributed by atoms with Crippen molar-refractivity contribution in [1.29, 1.82) is 0 Å². The van der Waals surface area contributed by atoms with Gasteiger partial charge >= 0.3 is 0 Å². The first-order valence-corrected chi connectivity index (χ1v) is 6.07. The molecule has 0 aliphatic carbocycles. The summed E-state index contributed by atoms with van der Waals surface area (Å²) >= 11 is 9.93. The number of halogens is 3.